The quantitative estimate of drug-likeness (QED) is 0.809. The molecular formula is C14H21BrN4O3. The van der Waals surface area contributed by atoms with Gasteiger partial charge in [-0.3, -0.25) is 9.48 Å². The molecule has 0 N–H and O–H groups in total. The largest absolute Gasteiger partial charge is 0.450 e. The van der Waals surface area contributed by atoms with Gasteiger partial charge >= 0.3 is 6.09 Å². The molecule has 2 rings (SSSR count). The van der Waals surface area contributed by atoms with Gasteiger partial charge in [-0.05, 0) is 29.3 Å². The number of piperazine rings is 1. The van der Waals surface area contributed by atoms with E-state index in [-0.39, 0.29) is 18.0 Å². The zero-order valence-corrected chi connectivity index (χ0v) is 14.5. The van der Waals surface area contributed by atoms with Gasteiger partial charge in [0.25, 0.3) is 0 Å². The molecule has 8 heteroatoms. The highest BCUT2D eigenvalue weighted by Gasteiger charge is 2.29. The second kappa shape index (κ2) is 7.62. The van der Waals surface area contributed by atoms with Gasteiger partial charge in [0.2, 0.25) is 5.91 Å². The lowest BCUT2D eigenvalue weighted by atomic mass is 10.2. The molecule has 1 unspecified atom stereocenters. The molecule has 1 aliphatic heterocycles. The Hall–Kier alpha value is -1.57. The molecule has 1 atom stereocenters. The fourth-order valence-corrected chi connectivity index (χ4v) is 2.80. The maximum Gasteiger partial charge on any atom is 0.409 e. The number of carbonyl (C=O) groups is 2. The topological polar surface area (TPSA) is 67.7 Å². The Morgan fingerprint density at radius 1 is 1.27 bits per heavy atom. The van der Waals surface area contributed by atoms with Crippen LogP contribution in [0.4, 0.5) is 4.79 Å². The predicted molar refractivity (Wildman–Crippen MR) is 84.4 cm³/mol. The van der Waals surface area contributed by atoms with Crippen LogP contribution in [0.25, 0.3) is 0 Å². The van der Waals surface area contributed by atoms with Crippen molar-refractivity contribution in [2.24, 2.45) is 0 Å². The first-order valence-corrected chi connectivity index (χ1v) is 8.26. The summed E-state index contributed by atoms with van der Waals surface area (Å²) >= 11 is 3.35. The number of nitrogens with zero attached hydrogens (tertiary/aromatic N) is 4. The van der Waals surface area contributed by atoms with E-state index >= 15 is 0 Å². The first-order valence-electron chi connectivity index (χ1n) is 7.47. The van der Waals surface area contributed by atoms with Gasteiger partial charge in [-0.15, -0.1) is 0 Å². The van der Waals surface area contributed by atoms with Gasteiger partial charge in [-0.1, -0.05) is 6.92 Å². The number of aromatic nitrogens is 2. The molecule has 1 fully saturated rings. The first-order chi connectivity index (χ1) is 10.6. The molecule has 2 heterocycles. The second-order valence-electron chi connectivity index (χ2n) is 5.07. The van der Waals surface area contributed by atoms with E-state index in [1.165, 1.54) is 0 Å². The van der Waals surface area contributed by atoms with Crippen LogP contribution in [-0.4, -0.2) is 64.4 Å². The molecule has 122 valence electrons. The number of ether oxygens (including phenoxy) is 1. The van der Waals surface area contributed by atoms with Gasteiger partial charge in [0.05, 0.1) is 17.3 Å². The first kappa shape index (κ1) is 16.8. The summed E-state index contributed by atoms with van der Waals surface area (Å²) in [5, 5.41) is 4.21. The van der Waals surface area contributed by atoms with Crippen molar-refractivity contribution < 1.29 is 14.3 Å². The molecule has 0 radical (unpaired) electrons. The average molecular weight is 373 g/mol. The number of rotatable bonds is 4. The van der Waals surface area contributed by atoms with Crippen molar-refractivity contribution in [2.75, 3.05) is 32.8 Å². The average Bonchev–Trinajstić information content (AvgIpc) is 2.94. The highest BCUT2D eigenvalue weighted by molar-refractivity contribution is 9.10. The van der Waals surface area contributed by atoms with Gasteiger partial charge in [0.1, 0.15) is 6.04 Å². The number of halogens is 1. The van der Waals surface area contributed by atoms with Gasteiger partial charge in [0, 0.05) is 32.4 Å². The lowest BCUT2D eigenvalue weighted by Crippen LogP contribution is -2.52. The van der Waals surface area contributed by atoms with Crippen LogP contribution >= 0.6 is 15.9 Å². The zero-order chi connectivity index (χ0) is 16.1. The summed E-state index contributed by atoms with van der Waals surface area (Å²) in [6.45, 7) is 6.17. The summed E-state index contributed by atoms with van der Waals surface area (Å²) in [4.78, 5) is 27.8. The fraction of sp³-hybridized carbons (Fsp3) is 0.643. The Balaban J connectivity index is 1.95. The van der Waals surface area contributed by atoms with Crippen LogP contribution in [0.15, 0.2) is 16.9 Å². The monoisotopic (exact) mass is 372 g/mol. The number of amides is 2. The Morgan fingerprint density at radius 3 is 2.41 bits per heavy atom. The van der Waals surface area contributed by atoms with Gasteiger partial charge in [0.15, 0.2) is 0 Å². The van der Waals surface area contributed by atoms with Crippen LogP contribution in [-0.2, 0) is 9.53 Å². The molecule has 1 saturated heterocycles. The van der Waals surface area contributed by atoms with Crippen molar-refractivity contribution in [1.82, 2.24) is 19.6 Å². The minimum Gasteiger partial charge on any atom is -0.450 e. The van der Waals surface area contributed by atoms with Crippen LogP contribution < -0.4 is 0 Å². The zero-order valence-electron chi connectivity index (χ0n) is 12.9. The van der Waals surface area contributed by atoms with E-state index in [0.717, 1.165) is 4.47 Å². The summed E-state index contributed by atoms with van der Waals surface area (Å²) in [7, 11) is 0. The molecule has 0 spiro atoms. The molecule has 2 amide bonds. The molecule has 0 bridgehead atoms. The number of hydrogen-bond acceptors (Lipinski definition) is 4. The molecule has 1 aliphatic rings. The van der Waals surface area contributed by atoms with E-state index in [0.29, 0.717) is 39.2 Å². The van der Waals surface area contributed by atoms with Gasteiger partial charge in [-0.2, -0.15) is 5.10 Å². The molecule has 7 nitrogen and oxygen atoms in total. The van der Waals surface area contributed by atoms with E-state index < -0.39 is 0 Å². The van der Waals surface area contributed by atoms with Crippen LogP contribution in [0.2, 0.25) is 0 Å². The van der Waals surface area contributed by atoms with Gasteiger partial charge in [-0.25, -0.2) is 4.79 Å². The van der Waals surface area contributed by atoms with Crippen LogP contribution in [0.1, 0.15) is 26.3 Å². The highest BCUT2D eigenvalue weighted by Crippen LogP contribution is 2.18. The minimum atomic E-state index is -0.308. The summed E-state index contributed by atoms with van der Waals surface area (Å²) in [6.07, 6.45) is 3.85. The molecule has 0 aliphatic carbocycles. The second-order valence-corrected chi connectivity index (χ2v) is 5.99. The third-order valence-electron chi connectivity index (χ3n) is 3.68. The molecular weight excluding hydrogens is 352 g/mol. The Labute approximate surface area is 138 Å². The summed E-state index contributed by atoms with van der Waals surface area (Å²) in [5.74, 6) is 0.0432. The van der Waals surface area contributed by atoms with Crippen molar-refractivity contribution >= 4 is 27.9 Å². The summed E-state index contributed by atoms with van der Waals surface area (Å²) < 4.78 is 7.52. The van der Waals surface area contributed by atoms with Crippen LogP contribution in [0, 0.1) is 0 Å². The Bertz CT molecular complexity index is 526. The standard InChI is InChI=1S/C14H21BrN4O3/c1-3-12(19-10-11(15)9-16-19)13(20)17-5-7-18(8-6-17)14(21)22-4-2/h9-10,12H,3-8H2,1-2H3. The van der Waals surface area contributed by atoms with Crippen molar-refractivity contribution in [3.63, 3.8) is 0 Å². The van der Waals surface area contributed by atoms with Crippen molar-refractivity contribution in [2.45, 2.75) is 26.3 Å². The summed E-state index contributed by atoms with van der Waals surface area (Å²) in [5.41, 5.74) is 0. The molecule has 1 aromatic rings. The van der Waals surface area contributed by atoms with Crippen molar-refractivity contribution in [1.29, 1.82) is 0 Å². The SMILES string of the molecule is CCOC(=O)N1CCN(C(=O)C(CC)n2cc(Br)cn2)CC1. The maximum atomic E-state index is 12.7. The molecule has 1 aromatic heterocycles. The third-order valence-corrected chi connectivity index (χ3v) is 4.09. The lowest BCUT2D eigenvalue weighted by Gasteiger charge is -2.35. The third kappa shape index (κ3) is 3.79. The van der Waals surface area contributed by atoms with Crippen molar-refractivity contribution in [3.05, 3.63) is 16.9 Å². The van der Waals surface area contributed by atoms with E-state index in [1.807, 2.05) is 6.92 Å². The predicted octanol–water partition coefficient (Wildman–Crippen LogP) is 1.90. The minimum absolute atomic E-state index is 0.0432. The normalized spacial score (nSPS) is 16.5. The Morgan fingerprint density at radius 2 is 1.91 bits per heavy atom. The fourth-order valence-electron chi connectivity index (χ4n) is 2.50. The van der Waals surface area contributed by atoms with E-state index in [9.17, 15) is 9.59 Å². The number of carbonyl (C=O) groups excluding carboxylic acids is 2. The lowest BCUT2D eigenvalue weighted by molar-refractivity contribution is -0.136. The maximum absolute atomic E-state index is 12.7. The Kier molecular flexibility index (Phi) is 5.82. The molecule has 0 aromatic carbocycles. The number of hydrogen-bond donors (Lipinski definition) is 0. The van der Waals surface area contributed by atoms with Gasteiger partial charge < -0.3 is 14.5 Å². The van der Waals surface area contributed by atoms with E-state index in [1.54, 1.807) is 33.8 Å². The van der Waals surface area contributed by atoms with E-state index in [4.69, 9.17) is 4.74 Å². The van der Waals surface area contributed by atoms with E-state index in [2.05, 4.69) is 21.0 Å². The van der Waals surface area contributed by atoms with Crippen LogP contribution in [0.3, 0.4) is 0 Å². The van der Waals surface area contributed by atoms with Crippen LogP contribution in [0.5, 0.6) is 0 Å². The molecule has 0 saturated carbocycles. The van der Waals surface area contributed by atoms with Crippen molar-refractivity contribution in [3.8, 4) is 0 Å². The smallest absolute Gasteiger partial charge is 0.409 e. The summed E-state index contributed by atoms with van der Waals surface area (Å²) in [6, 6.07) is -0.305. The highest BCUT2D eigenvalue weighted by atomic mass is 79.9. The molecule has 22 heavy (non-hydrogen) atoms.